The fourth-order valence-electron chi connectivity index (χ4n) is 1.96. The van der Waals surface area contributed by atoms with Crippen molar-refractivity contribution in [2.75, 3.05) is 0 Å². The van der Waals surface area contributed by atoms with E-state index in [2.05, 4.69) is 19.9 Å². The van der Waals surface area contributed by atoms with Crippen LogP contribution in [0.1, 0.15) is 50.0 Å². The SMILES string of the molecule is C/C=C\C(=C/C)C(=O)c1ccc(C(C)=CCC)cc1. The molecule has 1 rings (SSSR count). The van der Waals surface area contributed by atoms with E-state index >= 15 is 0 Å². The maximum absolute atomic E-state index is 12.2. The molecule has 0 saturated carbocycles. The van der Waals surface area contributed by atoms with Gasteiger partial charge in [-0.05, 0) is 38.3 Å². The van der Waals surface area contributed by atoms with Gasteiger partial charge in [0.15, 0.2) is 5.78 Å². The van der Waals surface area contributed by atoms with Crippen molar-refractivity contribution in [3.8, 4) is 0 Å². The summed E-state index contributed by atoms with van der Waals surface area (Å²) in [7, 11) is 0. The summed E-state index contributed by atoms with van der Waals surface area (Å²) in [6, 6.07) is 7.82. The molecule has 0 heterocycles. The van der Waals surface area contributed by atoms with Crippen LogP contribution in [0.4, 0.5) is 0 Å². The fraction of sp³-hybridized carbons (Fsp3) is 0.278. The van der Waals surface area contributed by atoms with Gasteiger partial charge in [-0.1, -0.05) is 55.5 Å². The second-order valence-electron chi connectivity index (χ2n) is 4.45. The molecule has 100 valence electrons. The van der Waals surface area contributed by atoms with Crippen LogP contribution in [0.25, 0.3) is 5.57 Å². The van der Waals surface area contributed by atoms with Gasteiger partial charge in [-0.2, -0.15) is 0 Å². The maximum Gasteiger partial charge on any atom is 0.192 e. The van der Waals surface area contributed by atoms with Gasteiger partial charge in [-0.25, -0.2) is 0 Å². The van der Waals surface area contributed by atoms with E-state index in [1.165, 1.54) is 11.1 Å². The summed E-state index contributed by atoms with van der Waals surface area (Å²) in [5.74, 6) is 0.0734. The molecule has 1 nitrogen and oxygen atoms in total. The van der Waals surface area contributed by atoms with Crippen LogP contribution in [0.5, 0.6) is 0 Å². The number of hydrogen-bond acceptors (Lipinski definition) is 1. The zero-order chi connectivity index (χ0) is 14.3. The van der Waals surface area contributed by atoms with Crippen molar-refractivity contribution in [3.63, 3.8) is 0 Å². The number of rotatable bonds is 5. The predicted octanol–water partition coefficient (Wildman–Crippen LogP) is 5.21. The third kappa shape index (κ3) is 4.06. The van der Waals surface area contributed by atoms with Crippen LogP contribution < -0.4 is 0 Å². The van der Waals surface area contributed by atoms with Gasteiger partial charge in [0.05, 0.1) is 0 Å². The highest BCUT2D eigenvalue weighted by molar-refractivity contribution is 6.10. The Labute approximate surface area is 116 Å². The molecular formula is C18H22O. The van der Waals surface area contributed by atoms with E-state index in [1.54, 1.807) is 0 Å². The minimum absolute atomic E-state index is 0.0734. The highest BCUT2D eigenvalue weighted by atomic mass is 16.1. The summed E-state index contributed by atoms with van der Waals surface area (Å²) in [4.78, 5) is 12.2. The molecule has 0 unspecified atom stereocenters. The lowest BCUT2D eigenvalue weighted by Gasteiger charge is -2.05. The van der Waals surface area contributed by atoms with Crippen LogP contribution in [0.3, 0.4) is 0 Å². The smallest absolute Gasteiger partial charge is 0.192 e. The summed E-state index contributed by atoms with van der Waals surface area (Å²) >= 11 is 0. The molecule has 0 saturated heterocycles. The zero-order valence-corrected chi connectivity index (χ0v) is 12.2. The molecule has 0 atom stereocenters. The standard InChI is InChI=1S/C18H22O/c1-5-8-14(4)16-10-12-17(13-11-16)18(19)15(7-3)9-6-2/h6-13H,5H2,1-4H3/b9-6-,14-8?,15-7+. The van der Waals surface area contributed by atoms with Gasteiger partial charge in [0.25, 0.3) is 0 Å². The first kappa shape index (κ1) is 15.2. The minimum Gasteiger partial charge on any atom is -0.289 e. The van der Waals surface area contributed by atoms with Crippen LogP contribution in [-0.2, 0) is 0 Å². The highest BCUT2D eigenvalue weighted by Gasteiger charge is 2.08. The summed E-state index contributed by atoms with van der Waals surface area (Å²) in [5, 5.41) is 0. The summed E-state index contributed by atoms with van der Waals surface area (Å²) in [5.41, 5.74) is 3.89. The van der Waals surface area contributed by atoms with Crippen molar-refractivity contribution >= 4 is 11.4 Å². The van der Waals surface area contributed by atoms with Crippen LogP contribution >= 0.6 is 0 Å². The van der Waals surface area contributed by atoms with E-state index in [4.69, 9.17) is 0 Å². The van der Waals surface area contributed by atoms with Gasteiger partial charge in [0.1, 0.15) is 0 Å². The number of Topliss-reactive ketones (excluding diaryl/α,β-unsaturated/α-hetero) is 1. The lowest BCUT2D eigenvalue weighted by molar-refractivity contribution is 0.103. The predicted molar refractivity (Wildman–Crippen MR) is 83.3 cm³/mol. The second kappa shape index (κ2) is 7.52. The van der Waals surface area contributed by atoms with Gasteiger partial charge in [-0.15, -0.1) is 0 Å². The maximum atomic E-state index is 12.2. The minimum atomic E-state index is 0.0734. The quantitative estimate of drug-likeness (QED) is 0.401. The zero-order valence-electron chi connectivity index (χ0n) is 12.2. The first-order chi connectivity index (χ1) is 9.13. The Kier molecular flexibility index (Phi) is 6.01. The molecule has 0 bridgehead atoms. The first-order valence-corrected chi connectivity index (χ1v) is 6.74. The highest BCUT2D eigenvalue weighted by Crippen LogP contribution is 2.17. The Morgan fingerprint density at radius 1 is 1.11 bits per heavy atom. The third-order valence-electron chi connectivity index (χ3n) is 3.03. The number of hydrogen-bond donors (Lipinski definition) is 0. The molecule has 0 fully saturated rings. The van der Waals surface area contributed by atoms with Crippen molar-refractivity contribution in [1.82, 2.24) is 0 Å². The van der Waals surface area contributed by atoms with E-state index in [9.17, 15) is 4.79 Å². The van der Waals surface area contributed by atoms with E-state index in [0.29, 0.717) is 0 Å². The molecule has 19 heavy (non-hydrogen) atoms. The van der Waals surface area contributed by atoms with Crippen molar-refractivity contribution in [2.24, 2.45) is 0 Å². The fourth-order valence-corrected chi connectivity index (χ4v) is 1.96. The molecule has 0 amide bonds. The molecule has 0 aliphatic carbocycles. The van der Waals surface area contributed by atoms with Gasteiger partial charge in [0.2, 0.25) is 0 Å². The summed E-state index contributed by atoms with van der Waals surface area (Å²) in [6.45, 7) is 8.02. The normalized spacial score (nSPS) is 13.1. The molecule has 1 heteroatoms. The third-order valence-corrected chi connectivity index (χ3v) is 3.03. The van der Waals surface area contributed by atoms with Gasteiger partial charge in [-0.3, -0.25) is 4.79 Å². The second-order valence-corrected chi connectivity index (χ2v) is 4.45. The first-order valence-electron chi connectivity index (χ1n) is 6.74. The Morgan fingerprint density at radius 3 is 2.16 bits per heavy atom. The number of allylic oxidation sites excluding steroid dienone is 6. The number of benzene rings is 1. The monoisotopic (exact) mass is 254 g/mol. The lowest BCUT2D eigenvalue weighted by atomic mass is 9.99. The van der Waals surface area contributed by atoms with E-state index < -0.39 is 0 Å². The molecule has 0 radical (unpaired) electrons. The van der Waals surface area contributed by atoms with Crippen molar-refractivity contribution < 1.29 is 4.79 Å². The van der Waals surface area contributed by atoms with Gasteiger partial charge >= 0.3 is 0 Å². The van der Waals surface area contributed by atoms with Crippen LogP contribution in [0, 0.1) is 0 Å². The molecule has 0 aliphatic rings. The molecule has 0 aliphatic heterocycles. The molecule has 0 aromatic heterocycles. The van der Waals surface area contributed by atoms with Crippen molar-refractivity contribution in [2.45, 2.75) is 34.1 Å². The van der Waals surface area contributed by atoms with Crippen LogP contribution in [-0.4, -0.2) is 5.78 Å². The van der Waals surface area contributed by atoms with E-state index in [0.717, 1.165) is 17.6 Å². The Bertz CT molecular complexity index is 513. The Hall–Kier alpha value is -1.89. The Morgan fingerprint density at radius 2 is 1.68 bits per heavy atom. The molecule has 0 N–H and O–H groups in total. The van der Waals surface area contributed by atoms with Crippen LogP contribution in [0.15, 0.2) is 54.1 Å². The van der Waals surface area contributed by atoms with Crippen molar-refractivity contribution in [1.29, 1.82) is 0 Å². The number of carbonyl (C=O) groups is 1. The van der Waals surface area contributed by atoms with E-state index in [-0.39, 0.29) is 5.78 Å². The number of ketones is 1. The summed E-state index contributed by atoms with van der Waals surface area (Å²) < 4.78 is 0. The molecule has 0 spiro atoms. The van der Waals surface area contributed by atoms with Crippen LogP contribution in [0.2, 0.25) is 0 Å². The topological polar surface area (TPSA) is 17.1 Å². The lowest BCUT2D eigenvalue weighted by Crippen LogP contribution is -2.01. The molecular weight excluding hydrogens is 232 g/mol. The molecule has 1 aromatic carbocycles. The largest absolute Gasteiger partial charge is 0.289 e. The van der Waals surface area contributed by atoms with Gasteiger partial charge < -0.3 is 0 Å². The summed E-state index contributed by atoms with van der Waals surface area (Å²) in [6.07, 6.45) is 8.79. The van der Waals surface area contributed by atoms with E-state index in [1.807, 2.05) is 56.3 Å². The Balaban J connectivity index is 2.99. The van der Waals surface area contributed by atoms with Crippen molar-refractivity contribution in [3.05, 3.63) is 65.3 Å². The average molecular weight is 254 g/mol. The average Bonchev–Trinajstić information content (AvgIpc) is 2.44. The molecule has 1 aromatic rings. The number of carbonyl (C=O) groups excluding carboxylic acids is 1. The van der Waals surface area contributed by atoms with Gasteiger partial charge in [0, 0.05) is 11.1 Å².